The van der Waals surface area contributed by atoms with Crippen LogP contribution in [-0.2, 0) is 0 Å². The van der Waals surface area contributed by atoms with Gasteiger partial charge in [-0.05, 0) is 42.5 Å². The Morgan fingerprint density at radius 2 is 1.34 bits per heavy atom. The van der Waals surface area contributed by atoms with Gasteiger partial charge >= 0.3 is 0 Å². The number of aromatic nitrogens is 1. The molecule has 5 rings (SSSR count). The summed E-state index contributed by atoms with van der Waals surface area (Å²) in [5, 5.41) is 1.80. The van der Waals surface area contributed by atoms with Crippen LogP contribution in [0, 0.1) is 0 Å². The van der Waals surface area contributed by atoms with Gasteiger partial charge in [-0.1, -0.05) is 48.0 Å². The second-order valence-electron chi connectivity index (χ2n) is 7.85. The number of amides is 1. The van der Waals surface area contributed by atoms with Crippen molar-refractivity contribution in [1.82, 2.24) is 9.47 Å². The number of benzene rings is 3. The Morgan fingerprint density at radius 3 is 2.03 bits per heavy atom. The number of carbonyl (C=O) groups is 1. The second kappa shape index (κ2) is 8.52. The van der Waals surface area contributed by atoms with Gasteiger partial charge < -0.3 is 9.80 Å². The summed E-state index contributed by atoms with van der Waals surface area (Å²) < 4.78 is 1.53. The highest BCUT2D eigenvalue weighted by Crippen LogP contribution is 2.22. The van der Waals surface area contributed by atoms with Gasteiger partial charge in [0.2, 0.25) is 0 Å². The molecule has 2 heterocycles. The van der Waals surface area contributed by atoms with Crippen LogP contribution in [-0.4, -0.2) is 41.6 Å². The molecule has 0 unspecified atom stereocenters. The van der Waals surface area contributed by atoms with Crippen LogP contribution >= 0.6 is 11.6 Å². The number of pyridine rings is 1. The highest BCUT2D eigenvalue weighted by atomic mass is 35.5. The first-order chi connectivity index (χ1) is 15.6. The number of hydrogen-bond acceptors (Lipinski definition) is 3. The third kappa shape index (κ3) is 3.76. The van der Waals surface area contributed by atoms with Crippen molar-refractivity contribution < 1.29 is 4.79 Å². The standard InChI is InChI=1S/C26H22ClN3O2/c27-19-10-12-21(13-11-19)30-18-24(22-8-4-5-9-23(22)26(30)32)25(31)29-16-14-28(15-17-29)20-6-2-1-3-7-20/h1-13,18H,14-17H2. The smallest absolute Gasteiger partial charge is 0.262 e. The van der Waals surface area contributed by atoms with Crippen LogP contribution < -0.4 is 10.5 Å². The summed E-state index contributed by atoms with van der Waals surface area (Å²) in [5.41, 5.74) is 2.21. The van der Waals surface area contributed by atoms with Crippen LogP contribution in [0.5, 0.6) is 0 Å². The van der Waals surface area contributed by atoms with Gasteiger partial charge in [-0.3, -0.25) is 14.2 Å². The number of fused-ring (bicyclic) bond motifs is 1. The van der Waals surface area contributed by atoms with E-state index < -0.39 is 0 Å². The molecule has 0 bridgehead atoms. The second-order valence-corrected chi connectivity index (χ2v) is 8.29. The number of halogens is 1. The Kier molecular flexibility index (Phi) is 5.41. The minimum Gasteiger partial charge on any atom is -0.368 e. The first kappa shape index (κ1) is 20.3. The average Bonchev–Trinajstić information content (AvgIpc) is 2.85. The van der Waals surface area contributed by atoms with Crippen molar-refractivity contribution >= 4 is 34.0 Å². The first-order valence-electron chi connectivity index (χ1n) is 10.6. The van der Waals surface area contributed by atoms with Crippen molar-refractivity contribution in [3.63, 3.8) is 0 Å². The van der Waals surface area contributed by atoms with Gasteiger partial charge in [-0.2, -0.15) is 0 Å². The zero-order chi connectivity index (χ0) is 22.1. The molecule has 6 heteroatoms. The fourth-order valence-corrected chi connectivity index (χ4v) is 4.36. The van der Waals surface area contributed by atoms with Crippen LogP contribution in [0.1, 0.15) is 10.4 Å². The highest BCUT2D eigenvalue weighted by molar-refractivity contribution is 6.30. The topological polar surface area (TPSA) is 45.6 Å². The fraction of sp³-hybridized carbons (Fsp3) is 0.154. The van der Waals surface area contributed by atoms with E-state index in [1.54, 1.807) is 36.5 Å². The zero-order valence-electron chi connectivity index (χ0n) is 17.4. The van der Waals surface area contributed by atoms with Gasteiger partial charge in [0.05, 0.1) is 5.56 Å². The van der Waals surface area contributed by atoms with Gasteiger partial charge in [0, 0.05) is 59.5 Å². The van der Waals surface area contributed by atoms with E-state index in [0.29, 0.717) is 40.1 Å². The lowest BCUT2D eigenvalue weighted by Crippen LogP contribution is -2.49. The molecule has 0 spiro atoms. The van der Waals surface area contributed by atoms with Gasteiger partial charge in [-0.25, -0.2) is 0 Å². The van der Waals surface area contributed by atoms with E-state index in [9.17, 15) is 9.59 Å². The number of nitrogens with zero attached hydrogens (tertiary/aromatic N) is 3. The summed E-state index contributed by atoms with van der Waals surface area (Å²) in [7, 11) is 0. The molecule has 0 radical (unpaired) electrons. The van der Waals surface area contributed by atoms with Crippen LogP contribution in [0.25, 0.3) is 16.5 Å². The lowest BCUT2D eigenvalue weighted by Gasteiger charge is -2.36. The predicted molar refractivity (Wildman–Crippen MR) is 129 cm³/mol. The molecule has 1 saturated heterocycles. The Labute approximate surface area is 191 Å². The Balaban J connectivity index is 1.49. The molecule has 0 aliphatic carbocycles. The van der Waals surface area contributed by atoms with Gasteiger partial charge in [-0.15, -0.1) is 0 Å². The summed E-state index contributed by atoms with van der Waals surface area (Å²) in [4.78, 5) is 30.9. The first-order valence-corrected chi connectivity index (χ1v) is 11.0. The third-order valence-corrected chi connectivity index (χ3v) is 6.20. The summed E-state index contributed by atoms with van der Waals surface area (Å²) in [6.07, 6.45) is 1.67. The van der Waals surface area contributed by atoms with Crippen molar-refractivity contribution in [1.29, 1.82) is 0 Å². The van der Waals surface area contributed by atoms with E-state index >= 15 is 0 Å². The molecule has 3 aromatic carbocycles. The molecule has 0 N–H and O–H groups in total. The molecule has 1 aliphatic heterocycles. The molecule has 5 nitrogen and oxygen atoms in total. The van der Waals surface area contributed by atoms with Crippen molar-refractivity contribution in [2.75, 3.05) is 31.1 Å². The van der Waals surface area contributed by atoms with Gasteiger partial charge in [0.1, 0.15) is 0 Å². The quantitative estimate of drug-likeness (QED) is 0.464. The van der Waals surface area contributed by atoms with Gasteiger partial charge in [0.25, 0.3) is 11.5 Å². The van der Waals surface area contributed by atoms with Crippen molar-refractivity contribution in [2.24, 2.45) is 0 Å². The molecular formula is C26H22ClN3O2. The normalized spacial score (nSPS) is 14.0. The highest BCUT2D eigenvalue weighted by Gasteiger charge is 2.25. The molecule has 0 atom stereocenters. The number of anilines is 1. The number of piperazine rings is 1. The molecule has 1 amide bonds. The Bertz CT molecular complexity index is 1330. The lowest BCUT2D eigenvalue weighted by molar-refractivity contribution is 0.0748. The van der Waals surface area contributed by atoms with Crippen molar-refractivity contribution in [2.45, 2.75) is 0 Å². The van der Waals surface area contributed by atoms with Crippen molar-refractivity contribution in [3.8, 4) is 5.69 Å². The average molecular weight is 444 g/mol. The number of hydrogen-bond donors (Lipinski definition) is 0. The maximum absolute atomic E-state index is 13.6. The number of carbonyl (C=O) groups excluding carboxylic acids is 1. The SMILES string of the molecule is O=C(c1cn(-c2ccc(Cl)cc2)c(=O)c2ccccc12)N1CCN(c2ccccc2)CC1. The molecule has 1 fully saturated rings. The minimum absolute atomic E-state index is 0.0587. The Hall–Kier alpha value is -3.57. The zero-order valence-corrected chi connectivity index (χ0v) is 18.2. The molecular weight excluding hydrogens is 422 g/mol. The molecule has 0 saturated carbocycles. The number of rotatable bonds is 3. The van der Waals surface area contributed by atoms with Gasteiger partial charge in [0.15, 0.2) is 0 Å². The van der Waals surface area contributed by atoms with E-state index in [1.165, 1.54) is 10.3 Å². The fourth-order valence-electron chi connectivity index (χ4n) is 4.23. The van der Waals surface area contributed by atoms with E-state index in [2.05, 4.69) is 17.0 Å². The van der Waals surface area contributed by atoms with Crippen LogP contribution in [0.4, 0.5) is 5.69 Å². The number of para-hydroxylation sites is 1. The third-order valence-electron chi connectivity index (χ3n) is 5.95. The van der Waals surface area contributed by atoms with E-state index in [0.717, 1.165) is 13.1 Å². The van der Waals surface area contributed by atoms with Crippen LogP contribution in [0.15, 0.2) is 89.9 Å². The monoisotopic (exact) mass is 443 g/mol. The van der Waals surface area contributed by atoms with Crippen LogP contribution in [0.2, 0.25) is 5.02 Å². The summed E-state index contributed by atoms with van der Waals surface area (Å²) >= 11 is 6.02. The molecule has 160 valence electrons. The van der Waals surface area contributed by atoms with Crippen molar-refractivity contribution in [3.05, 3.63) is 106 Å². The summed E-state index contributed by atoms with van der Waals surface area (Å²) in [6.45, 7) is 2.79. The largest absolute Gasteiger partial charge is 0.368 e. The lowest BCUT2D eigenvalue weighted by atomic mass is 10.1. The van der Waals surface area contributed by atoms with E-state index in [1.807, 2.05) is 41.3 Å². The predicted octanol–water partition coefficient (Wildman–Crippen LogP) is 4.61. The molecule has 1 aromatic heterocycles. The summed E-state index contributed by atoms with van der Waals surface area (Å²) in [6, 6.07) is 24.6. The maximum atomic E-state index is 13.6. The Morgan fingerprint density at radius 1 is 0.719 bits per heavy atom. The maximum Gasteiger partial charge on any atom is 0.262 e. The van der Waals surface area contributed by atoms with E-state index in [-0.39, 0.29) is 11.5 Å². The molecule has 1 aliphatic rings. The molecule has 32 heavy (non-hydrogen) atoms. The molecule has 4 aromatic rings. The summed E-state index contributed by atoms with van der Waals surface area (Å²) in [5.74, 6) is -0.0587. The van der Waals surface area contributed by atoms with E-state index in [4.69, 9.17) is 11.6 Å². The minimum atomic E-state index is -0.159. The van der Waals surface area contributed by atoms with Crippen LogP contribution in [0.3, 0.4) is 0 Å².